The minimum atomic E-state index is 0.267. The van der Waals surface area contributed by atoms with Gasteiger partial charge in [0.2, 0.25) is 0 Å². The largest absolute Gasteiger partial charge is 0.512 e. The molecule has 0 amide bonds. The van der Waals surface area contributed by atoms with Gasteiger partial charge in [0.25, 0.3) is 0 Å². The number of aliphatic hydroxyl groups excluding tert-OH is 1. The van der Waals surface area contributed by atoms with E-state index in [9.17, 15) is 10.2 Å². The normalized spacial score (nSPS) is 21.7. The molecule has 2 atom stereocenters. The van der Waals surface area contributed by atoms with E-state index in [1.54, 1.807) is 6.07 Å². The lowest BCUT2D eigenvalue weighted by Crippen LogP contribution is -2.44. The second-order valence-corrected chi connectivity index (χ2v) is 8.79. The number of aromatic hydroxyl groups is 1. The fourth-order valence-electron chi connectivity index (χ4n) is 5.41. The summed E-state index contributed by atoms with van der Waals surface area (Å²) in [7, 11) is 0. The van der Waals surface area contributed by atoms with Gasteiger partial charge in [-0.05, 0) is 72.9 Å². The summed E-state index contributed by atoms with van der Waals surface area (Å²) < 4.78 is 0. The number of benzene rings is 2. The molecule has 2 heterocycles. The molecule has 0 spiro atoms. The van der Waals surface area contributed by atoms with E-state index in [1.807, 2.05) is 12.1 Å². The van der Waals surface area contributed by atoms with E-state index in [2.05, 4.69) is 40.7 Å². The molecule has 5 rings (SSSR count). The van der Waals surface area contributed by atoms with Crippen molar-refractivity contribution in [1.29, 1.82) is 0 Å². The van der Waals surface area contributed by atoms with Crippen LogP contribution in [-0.4, -0.2) is 39.7 Å². The van der Waals surface area contributed by atoms with Gasteiger partial charge in [-0.25, -0.2) is 0 Å². The summed E-state index contributed by atoms with van der Waals surface area (Å²) in [4.78, 5) is 6.11. The van der Waals surface area contributed by atoms with Crippen molar-refractivity contribution in [1.82, 2.24) is 9.88 Å². The standard InChI is InChI=1S/C25H28N2O2/c1-16(28)14-27-9-8-18-13-24-23(12-20(18)15-27)22-7-3-5-19(25(22)26-24)10-17-4-2-6-21(29)11-17/h2-7,11,18,20,26,28-29H,1,8-10,12-15H2. The molecule has 1 saturated heterocycles. The number of hydrogen-bond acceptors (Lipinski definition) is 3. The number of rotatable bonds is 4. The van der Waals surface area contributed by atoms with Crippen molar-refractivity contribution >= 4 is 10.9 Å². The first kappa shape index (κ1) is 18.3. The lowest BCUT2D eigenvalue weighted by molar-refractivity contribution is 0.110. The smallest absolute Gasteiger partial charge is 0.115 e. The third-order valence-electron chi connectivity index (χ3n) is 6.74. The molecule has 0 bridgehead atoms. The summed E-state index contributed by atoms with van der Waals surface area (Å²) in [5.74, 6) is 1.95. The Morgan fingerprint density at radius 1 is 1.14 bits per heavy atom. The van der Waals surface area contributed by atoms with E-state index in [0.717, 1.165) is 37.9 Å². The van der Waals surface area contributed by atoms with Crippen molar-refractivity contribution in [3.05, 3.63) is 77.2 Å². The molecule has 1 aliphatic carbocycles. The third-order valence-corrected chi connectivity index (χ3v) is 6.74. The monoisotopic (exact) mass is 388 g/mol. The van der Waals surface area contributed by atoms with Crippen molar-refractivity contribution in [2.24, 2.45) is 11.8 Å². The average Bonchev–Trinajstić information content (AvgIpc) is 3.04. The van der Waals surface area contributed by atoms with Crippen molar-refractivity contribution in [3.8, 4) is 5.75 Å². The number of likely N-dealkylation sites (tertiary alicyclic amines) is 1. The number of nitrogens with one attached hydrogen (secondary N) is 1. The SMILES string of the molecule is C=C(O)CN1CCC2Cc3[nH]c4c(Cc5cccc(O)c5)cccc4c3CC2C1. The summed E-state index contributed by atoms with van der Waals surface area (Å²) in [6.07, 6.45) is 4.21. The van der Waals surface area contributed by atoms with Crippen molar-refractivity contribution < 1.29 is 10.2 Å². The molecule has 29 heavy (non-hydrogen) atoms. The highest BCUT2D eigenvalue weighted by molar-refractivity contribution is 5.88. The molecule has 150 valence electrons. The van der Waals surface area contributed by atoms with E-state index in [-0.39, 0.29) is 5.76 Å². The van der Waals surface area contributed by atoms with Gasteiger partial charge in [-0.3, -0.25) is 4.90 Å². The minimum absolute atomic E-state index is 0.267. The third kappa shape index (κ3) is 3.53. The fraction of sp³-hybridized carbons (Fsp3) is 0.360. The molecule has 2 aliphatic rings. The first-order valence-electron chi connectivity index (χ1n) is 10.5. The number of aromatic amines is 1. The van der Waals surface area contributed by atoms with Crippen LogP contribution in [0.3, 0.4) is 0 Å². The van der Waals surface area contributed by atoms with Crippen LogP contribution in [0.5, 0.6) is 5.75 Å². The number of fused-ring (bicyclic) bond motifs is 4. The topological polar surface area (TPSA) is 59.5 Å². The van der Waals surface area contributed by atoms with Gasteiger partial charge in [0.1, 0.15) is 5.75 Å². The number of piperidine rings is 1. The van der Waals surface area contributed by atoms with Gasteiger partial charge in [0, 0.05) is 23.1 Å². The molecule has 1 fully saturated rings. The molecule has 2 unspecified atom stereocenters. The number of phenolic OH excluding ortho intramolecular Hbond substituents is 1. The highest BCUT2D eigenvalue weighted by Gasteiger charge is 2.35. The Morgan fingerprint density at radius 3 is 2.83 bits per heavy atom. The van der Waals surface area contributed by atoms with Gasteiger partial charge in [-0.15, -0.1) is 0 Å². The van der Waals surface area contributed by atoms with Crippen LogP contribution in [0, 0.1) is 11.8 Å². The molecule has 3 aromatic rings. The Hall–Kier alpha value is -2.72. The summed E-state index contributed by atoms with van der Waals surface area (Å²) in [6.45, 7) is 6.34. The van der Waals surface area contributed by atoms with E-state index in [4.69, 9.17) is 0 Å². The Kier molecular flexibility index (Phi) is 4.59. The quantitative estimate of drug-likeness (QED) is 0.574. The lowest BCUT2D eigenvalue weighted by Gasteiger charge is -2.41. The molecular formula is C25H28N2O2. The number of aromatic nitrogens is 1. The lowest BCUT2D eigenvalue weighted by atomic mass is 9.74. The van der Waals surface area contributed by atoms with E-state index >= 15 is 0 Å². The van der Waals surface area contributed by atoms with Crippen LogP contribution in [0.15, 0.2) is 54.8 Å². The van der Waals surface area contributed by atoms with Gasteiger partial charge in [-0.2, -0.15) is 0 Å². The van der Waals surface area contributed by atoms with Gasteiger partial charge in [0.15, 0.2) is 0 Å². The second-order valence-electron chi connectivity index (χ2n) is 8.79. The van der Waals surface area contributed by atoms with Gasteiger partial charge >= 0.3 is 0 Å². The maximum atomic E-state index is 9.80. The zero-order chi connectivity index (χ0) is 20.0. The Morgan fingerprint density at radius 2 is 2.00 bits per heavy atom. The molecular weight excluding hydrogens is 360 g/mol. The number of para-hydroxylation sites is 1. The van der Waals surface area contributed by atoms with Crippen LogP contribution >= 0.6 is 0 Å². The molecule has 4 heteroatoms. The molecule has 2 aromatic carbocycles. The zero-order valence-corrected chi connectivity index (χ0v) is 16.7. The predicted octanol–water partition coefficient (Wildman–Crippen LogP) is 4.57. The van der Waals surface area contributed by atoms with Crippen molar-refractivity contribution in [2.75, 3.05) is 19.6 Å². The maximum absolute atomic E-state index is 9.80. The van der Waals surface area contributed by atoms with Gasteiger partial charge in [0.05, 0.1) is 12.3 Å². The number of H-pyrrole nitrogens is 1. The highest BCUT2D eigenvalue weighted by Crippen LogP contribution is 2.39. The number of aliphatic hydroxyl groups is 1. The Labute approximate surface area is 171 Å². The molecule has 4 nitrogen and oxygen atoms in total. The van der Waals surface area contributed by atoms with Crippen LogP contribution in [-0.2, 0) is 19.3 Å². The minimum Gasteiger partial charge on any atom is -0.512 e. The van der Waals surface area contributed by atoms with E-state index in [0.29, 0.717) is 24.1 Å². The van der Waals surface area contributed by atoms with Crippen LogP contribution in [0.25, 0.3) is 10.9 Å². The highest BCUT2D eigenvalue weighted by atomic mass is 16.3. The summed E-state index contributed by atoms with van der Waals surface area (Å²) in [5, 5.41) is 20.7. The fourth-order valence-corrected chi connectivity index (χ4v) is 5.41. The van der Waals surface area contributed by atoms with Crippen LogP contribution in [0.2, 0.25) is 0 Å². The molecule has 3 N–H and O–H groups in total. The molecule has 1 aromatic heterocycles. The second kappa shape index (κ2) is 7.27. The maximum Gasteiger partial charge on any atom is 0.115 e. The first-order chi connectivity index (χ1) is 14.1. The van der Waals surface area contributed by atoms with Gasteiger partial charge in [-0.1, -0.05) is 36.9 Å². The van der Waals surface area contributed by atoms with Crippen molar-refractivity contribution in [2.45, 2.75) is 25.7 Å². The molecule has 0 saturated carbocycles. The Bertz CT molecular complexity index is 1070. The Balaban J connectivity index is 1.45. The van der Waals surface area contributed by atoms with Crippen LogP contribution < -0.4 is 0 Å². The van der Waals surface area contributed by atoms with Gasteiger partial charge < -0.3 is 15.2 Å². The van der Waals surface area contributed by atoms with Crippen LogP contribution in [0.4, 0.5) is 0 Å². The summed E-state index contributed by atoms with van der Waals surface area (Å²) >= 11 is 0. The molecule has 0 radical (unpaired) electrons. The van der Waals surface area contributed by atoms with E-state index < -0.39 is 0 Å². The van der Waals surface area contributed by atoms with Crippen LogP contribution in [0.1, 0.15) is 28.8 Å². The first-order valence-corrected chi connectivity index (χ1v) is 10.5. The van der Waals surface area contributed by atoms with Crippen molar-refractivity contribution in [3.63, 3.8) is 0 Å². The number of phenols is 1. The summed E-state index contributed by atoms with van der Waals surface area (Å²) in [5.41, 5.74) is 6.54. The zero-order valence-electron chi connectivity index (χ0n) is 16.7. The number of nitrogens with zero attached hydrogens (tertiary/aromatic N) is 1. The van der Waals surface area contributed by atoms with E-state index in [1.165, 1.54) is 34.1 Å². The summed E-state index contributed by atoms with van der Waals surface area (Å²) in [6, 6.07) is 14.1. The molecule has 1 aliphatic heterocycles. The number of hydrogen-bond donors (Lipinski definition) is 3. The average molecular weight is 389 g/mol. The predicted molar refractivity (Wildman–Crippen MR) is 116 cm³/mol.